The van der Waals surface area contributed by atoms with Gasteiger partial charge in [0.15, 0.2) is 0 Å². The fourth-order valence-corrected chi connectivity index (χ4v) is 1.40. The fraction of sp³-hybridized carbons (Fsp3) is 0.636. The van der Waals surface area contributed by atoms with E-state index < -0.39 is 0 Å². The van der Waals surface area contributed by atoms with E-state index >= 15 is 0 Å². The van der Waals surface area contributed by atoms with Gasteiger partial charge in [0.2, 0.25) is 0 Å². The minimum Gasteiger partial charge on any atom is -0.382 e. The van der Waals surface area contributed by atoms with E-state index in [1.54, 1.807) is 12.4 Å². The second kappa shape index (κ2) is 5.66. The highest BCUT2D eigenvalue weighted by atomic mass is 16.5. The number of nitrogen functional groups attached to an aromatic ring is 1. The van der Waals surface area contributed by atoms with Crippen LogP contribution in [-0.2, 0) is 11.3 Å². The molecule has 0 amide bonds. The Bertz CT molecular complexity index is 284. The first kappa shape index (κ1) is 11.9. The Hall–Kier alpha value is -1.16. The van der Waals surface area contributed by atoms with Crippen molar-refractivity contribution in [3.8, 4) is 0 Å². The lowest BCUT2D eigenvalue weighted by atomic mass is 10.1. The minimum atomic E-state index is 0.254. The van der Waals surface area contributed by atoms with Crippen LogP contribution in [0.25, 0.3) is 0 Å². The molecular formula is C11H19N3O. The molecule has 0 aromatic carbocycles. The van der Waals surface area contributed by atoms with Gasteiger partial charge in [-0.05, 0) is 19.3 Å². The van der Waals surface area contributed by atoms with E-state index in [1.165, 1.54) is 0 Å². The molecule has 1 aromatic rings. The summed E-state index contributed by atoms with van der Waals surface area (Å²) in [6.07, 6.45) is 4.51. The molecule has 1 unspecified atom stereocenters. The van der Waals surface area contributed by atoms with E-state index in [9.17, 15) is 0 Å². The zero-order valence-electron chi connectivity index (χ0n) is 9.60. The van der Waals surface area contributed by atoms with Gasteiger partial charge in [0, 0.05) is 0 Å². The van der Waals surface area contributed by atoms with E-state index in [1.807, 2.05) is 0 Å². The highest BCUT2D eigenvalue weighted by Gasteiger charge is 2.05. The fourth-order valence-electron chi connectivity index (χ4n) is 1.40. The first-order valence-electron chi connectivity index (χ1n) is 5.26. The largest absolute Gasteiger partial charge is 0.382 e. The lowest BCUT2D eigenvalue weighted by molar-refractivity contribution is 0.0377. The first-order chi connectivity index (χ1) is 7.08. The van der Waals surface area contributed by atoms with Crippen LogP contribution in [0.15, 0.2) is 12.4 Å². The third-order valence-electron chi connectivity index (χ3n) is 2.04. The summed E-state index contributed by atoms with van der Waals surface area (Å²) in [5, 5.41) is 0. The highest BCUT2D eigenvalue weighted by Crippen LogP contribution is 2.09. The predicted molar refractivity (Wildman–Crippen MR) is 60.2 cm³/mol. The normalized spacial score (nSPS) is 13.1. The van der Waals surface area contributed by atoms with Crippen molar-refractivity contribution in [1.29, 1.82) is 0 Å². The van der Waals surface area contributed by atoms with E-state index in [4.69, 9.17) is 10.5 Å². The van der Waals surface area contributed by atoms with Crippen molar-refractivity contribution in [3.05, 3.63) is 18.1 Å². The van der Waals surface area contributed by atoms with E-state index in [-0.39, 0.29) is 6.10 Å². The molecule has 2 N–H and O–H groups in total. The van der Waals surface area contributed by atoms with Crippen LogP contribution in [0.3, 0.4) is 0 Å². The molecule has 0 aliphatic heterocycles. The molecule has 0 saturated carbocycles. The summed E-state index contributed by atoms with van der Waals surface area (Å²) in [5.41, 5.74) is 6.25. The summed E-state index contributed by atoms with van der Waals surface area (Å²) in [7, 11) is 0. The molecule has 0 aliphatic rings. The number of rotatable bonds is 5. The number of aromatic nitrogens is 2. The topological polar surface area (TPSA) is 61.0 Å². The Kier molecular flexibility index (Phi) is 4.49. The van der Waals surface area contributed by atoms with Crippen LogP contribution in [-0.4, -0.2) is 16.1 Å². The second-order valence-electron chi connectivity index (χ2n) is 4.18. The SMILES string of the molecule is CC(C)CC(C)OCc1cnc(N)cn1. The van der Waals surface area contributed by atoms with Crippen LogP contribution < -0.4 is 5.73 Å². The van der Waals surface area contributed by atoms with Crippen LogP contribution in [0.4, 0.5) is 5.82 Å². The smallest absolute Gasteiger partial charge is 0.141 e. The Balaban J connectivity index is 2.33. The molecule has 0 spiro atoms. The monoisotopic (exact) mass is 209 g/mol. The van der Waals surface area contributed by atoms with Gasteiger partial charge in [-0.3, -0.25) is 4.98 Å². The van der Waals surface area contributed by atoms with Gasteiger partial charge in [0.05, 0.1) is 30.8 Å². The number of anilines is 1. The highest BCUT2D eigenvalue weighted by molar-refractivity contribution is 5.22. The number of nitrogens with zero attached hydrogens (tertiary/aromatic N) is 2. The van der Waals surface area contributed by atoms with Gasteiger partial charge in [-0.2, -0.15) is 0 Å². The lowest BCUT2D eigenvalue weighted by Crippen LogP contribution is -2.11. The molecule has 1 aromatic heterocycles. The van der Waals surface area contributed by atoms with Crippen molar-refractivity contribution in [3.63, 3.8) is 0 Å². The molecule has 0 aliphatic carbocycles. The van der Waals surface area contributed by atoms with E-state index in [2.05, 4.69) is 30.7 Å². The third-order valence-corrected chi connectivity index (χ3v) is 2.04. The second-order valence-corrected chi connectivity index (χ2v) is 4.18. The van der Waals surface area contributed by atoms with Crippen molar-refractivity contribution in [1.82, 2.24) is 9.97 Å². The van der Waals surface area contributed by atoms with Crippen molar-refractivity contribution in [2.24, 2.45) is 5.92 Å². The zero-order valence-corrected chi connectivity index (χ0v) is 9.60. The predicted octanol–water partition coefficient (Wildman–Crippen LogP) is 2.01. The van der Waals surface area contributed by atoms with Crippen LogP contribution in [0.5, 0.6) is 0 Å². The van der Waals surface area contributed by atoms with Gasteiger partial charge in [0.1, 0.15) is 5.82 Å². The van der Waals surface area contributed by atoms with Crippen molar-refractivity contribution in [2.45, 2.75) is 39.9 Å². The maximum absolute atomic E-state index is 5.64. The maximum Gasteiger partial charge on any atom is 0.141 e. The summed E-state index contributed by atoms with van der Waals surface area (Å²) < 4.78 is 5.64. The standard InChI is InChI=1S/C11H19N3O/c1-8(2)4-9(3)15-7-10-5-14-11(12)6-13-10/h5-6,8-9H,4,7H2,1-3H3,(H2,12,14). The number of nitrogens with two attached hydrogens (primary N) is 1. The Morgan fingerprint density at radius 2 is 2.00 bits per heavy atom. The summed E-state index contributed by atoms with van der Waals surface area (Å²) in [4.78, 5) is 8.07. The van der Waals surface area contributed by atoms with Crippen molar-refractivity contribution >= 4 is 5.82 Å². The molecule has 4 nitrogen and oxygen atoms in total. The quantitative estimate of drug-likeness (QED) is 0.805. The molecule has 0 radical (unpaired) electrons. The average Bonchev–Trinajstić information content (AvgIpc) is 2.16. The van der Waals surface area contributed by atoms with Gasteiger partial charge < -0.3 is 10.5 Å². The van der Waals surface area contributed by atoms with Crippen molar-refractivity contribution < 1.29 is 4.74 Å². The molecular weight excluding hydrogens is 190 g/mol. The van der Waals surface area contributed by atoms with Gasteiger partial charge in [-0.1, -0.05) is 13.8 Å². The molecule has 1 rings (SSSR count). The Morgan fingerprint density at radius 3 is 2.53 bits per heavy atom. The summed E-state index contributed by atoms with van der Waals surface area (Å²) in [6.45, 7) is 6.94. The maximum atomic E-state index is 5.64. The molecule has 15 heavy (non-hydrogen) atoms. The van der Waals surface area contributed by atoms with Crippen LogP contribution in [0.2, 0.25) is 0 Å². The van der Waals surface area contributed by atoms with Crippen LogP contribution in [0, 0.1) is 5.92 Å². The molecule has 0 bridgehead atoms. The average molecular weight is 209 g/mol. The number of hydrogen-bond donors (Lipinski definition) is 1. The molecule has 1 heterocycles. The molecule has 84 valence electrons. The zero-order chi connectivity index (χ0) is 11.3. The van der Waals surface area contributed by atoms with Gasteiger partial charge in [-0.25, -0.2) is 4.98 Å². The third kappa shape index (κ3) is 4.74. The van der Waals surface area contributed by atoms with Gasteiger partial charge in [-0.15, -0.1) is 0 Å². The number of ether oxygens (including phenoxy) is 1. The molecule has 0 fully saturated rings. The Morgan fingerprint density at radius 1 is 1.27 bits per heavy atom. The summed E-state index contributed by atoms with van der Waals surface area (Å²) in [6, 6.07) is 0. The minimum absolute atomic E-state index is 0.254. The van der Waals surface area contributed by atoms with E-state index in [0.717, 1.165) is 12.1 Å². The molecule has 4 heteroatoms. The van der Waals surface area contributed by atoms with Crippen LogP contribution in [0.1, 0.15) is 32.9 Å². The summed E-state index contributed by atoms with van der Waals surface area (Å²) in [5.74, 6) is 1.09. The van der Waals surface area contributed by atoms with Gasteiger partial charge >= 0.3 is 0 Å². The Labute approximate surface area is 90.9 Å². The van der Waals surface area contributed by atoms with E-state index in [0.29, 0.717) is 18.3 Å². The summed E-state index contributed by atoms with van der Waals surface area (Å²) >= 11 is 0. The lowest BCUT2D eigenvalue weighted by Gasteiger charge is -2.14. The first-order valence-corrected chi connectivity index (χ1v) is 5.26. The molecule has 0 saturated heterocycles. The van der Waals surface area contributed by atoms with Crippen LogP contribution >= 0.6 is 0 Å². The molecule has 1 atom stereocenters. The van der Waals surface area contributed by atoms with Gasteiger partial charge in [0.25, 0.3) is 0 Å². The number of hydrogen-bond acceptors (Lipinski definition) is 4. The van der Waals surface area contributed by atoms with Crippen molar-refractivity contribution in [2.75, 3.05) is 5.73 Å².